The van der Waals surface area contributed by atoms with E-state index in [1.807, 2.05) is 21.7 Å². The quantitative estimate of drug-likeness (QED) is 0.879. The second-order valence-corrected chi connectivity index (χ2v) is 6.01. The van der Waals surface area contributed by atoms with Crippen molar-refractivity contribution in [2.45, 2.75) is 19.9 Å². The third kappa shape index (κ3) is 3.62. The minimum absolute atomic E-state index is 0.104. The third-order valence-electron chi connectivity index (χ3n) is 3.62. The van der Waals surface area contributed by atoms with Gasteiger partial charge in [-0.1, -0.05) is 6.92 Å². The molecular weight excluding hydrogens is 322 g/mol. The zero-order valence-electron chi connectivity index (χ0n) is 11.9. The maximum absolute atomic E-state index is 12.6. The Balaban J connectivity index is 2.01. The highest BCUT2D eigenvalue weighted by atomic mass is 79.9. The first-order valence-corrected chi connectivity index (χ1v) is 7.93. The Hall–Kier alpha value is -0.850. The highest BCUT2D eigenvalue weighted by molar-refractivity contribution is 9.10. The number of carbonyl (C=O) groups excluding carboxylic acids is 1. The lowest BCUT2D eigenvalue weighted by Gasteiger charge is -2.34. The molecule has 0 aliphatic carbocycles. The number of aliphatic hydroxyl groups excluding tert-OH is 1. The summed E-state index contributed by atoms with van der Waals surface area (Å²) in [7, 11) is 0. The molecule has 0 unspecified atom stereocenters. The number of carbonyl (C=O) groups is 1. The van der Waals surface area contributed by atoms with Gasteiger partial charge >= 0.3 is 0 Å². The van der Waals surface area contributed by atoms with E-state index in [2.05, 4.69) is 27.8 Å². The van der Waals surface area contributed by atoms with Crippen LogP contribution >= 0.6 is 15.9 Å². The molecule has 1 aromatic rings. The van der Waals surface area contributed by atoms with E-state index in [1.165, 1.54) is 0 Å². The predicted octanol–water partition coefficient (Wildman–Crippen LogP) is 1.41. The molecule has 6 heteroatoms. The largest absolute Gasteiger partial charge is 0.395 e. The highest BCUT2D eigenvalue weighted by Crippen LogP contribution is 2.18. The molecule has 5 nitrogen and oxygen atoms in total. The average molecular weight is 344 g/mol. The number of piperazine rings is 1. The number of halogens is 1. The molecule has 1 aliphatic rings. The number of aliphatic hydroxyl groups is 1. The Morgan fingerprint density at radius 2 is 2.00 bits per heavy atom. The maximum atomic E-state index is 12.6. The fourth-order valence-electron chi connectivity index (χ4n) is 2.56. The smallest absolute Gasteiger partial charge is 0.270 e. The number of nitrogens with zero attached hydrogens (tertiary/aromatic N) is 3. The van der Waals surface area contributed by atoms with Gasteiger partial charge in [0.2, 0.25) is 0 Å². The van der Waals surface area contributed by atoms with Gasteiger partial charge < -0.3 is 14.6 Å². The van der Waals surface area contributed by atoms with Crippen LogP contribution in [-0.4, -0.2) is 64.7 Å². The molecule has 0 saturated carbocycles. The number of amides is 1. The highest BCUT2D eigenvalue weighted by Gasteiger charge is 2.24. The van der Waals surface area contributed by atoms with Crippen molar-refractivity contribution in [1.29, 1.82) is 0 Å². The molecule has 1 aromatic heterocycles. The van der Waals surface area contributed by atoms with E-state index in [0.717, 1.165) is 49.3 Å². The summed E-state index contributed by atoms with van der Waals surface area (Å²) in [6.45, 7) is 6.97. The maximum Gasteiger partial charge on any atom is 0.270 e. The van der Waals surface area contributed by atoms with E-state index in [-0.39, 0.29) is 12.5 Å². The molecule has 20 heavy (non-hydrogen) atoms. The summed E-state index contributed by atoms with van der Waals surface area (Å²) in [6.07, 6.45) is 2.98. The molecule has 1 saturated heterocycles. The van der Waals surface area contributed by atoms with Crippen LogP contribution in [0.3, 0.4) is 0 Å². The van der Waals surface area contributed by atoms with Gasteiger partial charge in [0.1, 0.15) is 5.69 Å². The van der Waals surface area contributed by atoms with Crippen LogP contribution in [0.1, 0.15) is 23.8 Å². The summed E-state index contributed by atoms with van der Waals surface area (Å²) in [5.74, 6) is 0.104. The molecule has 0 atom stereocenters. The Kier molecular flexibility index (Phi) is 5.63. The molecule has 1 fully saturated rings. The van der Waals surface area contributed by atoms with Crippen LogP contribution < -0.4 is 0 Å². The lowest BCUT2D eigenvalue weighted by Crippen LogP contribution is -2.49. The summed E-state index contributed by atoms with van der Waals surface area (Å²) < 4.78 is 2.97. The van der Waals surface area contributed by atoms with E-state index in [1.54, 1.807) is 0 Å². The Morgan fingerprint density at radius 3 is 2.60 bits per heavy atom. The first kappa shape index (κ1) is 15.5. The van der Waals surface area contributed by atoms with Crippen LogP contribution in [0.15, 0.2) is 16.7 Å². The van der Waals surface area contributed by atoms with Crippen LogP contribution in [0.4, 0.5) is 0 Å². The first-order chi connectivity index (χ1) is 9.65. The summed E-state index contributed by atoms with van der Waals surface area (Å²) in [5.41, 5.74) is 0.759. The standard InChI is InChI=1S/C14H22BrN3O2/c1-2-3-18-11-12(15)10-13(18)14(20)17-6-4-16(5-7-17)8-9-19/h10-11,19H,2-9H2,1H3. The minimum Gasteiger partial charge on any atom is -0.395 e. The fourth-order valence-corrected chi connectivity index (χ4v) is 3.02. The molecule has 2 heterocycles. The lowest BCUT2D eigenvalue weighted by molar-refractivity contribution is 0.0604. The first-order valence-electron chi connectivity index (χ1n) is 7.14. The normalized spacial score (nSPS) is 16.6. The van der Waals surface area contributed by atoms with Gasteiger partial charge in [-0.25, -0.2) is 0 Å². The summed E-state index contributed by atoms with van der Waals surface area (Å²) >= 11 is 3.45. The van der Waals surface area contributed by atoms with E-state index < -0.39 is 0 Å². The Labute approximate surface area is 128 Å². The molecule has 1 amide bonds. The van der Waals surface area contributed by atoms with E-state index >= 15 is 0 Å². The van der Waals surface area contributed by atoms with Gasteiger partial charge in [0.15, 0.2) is 0 Å². The zero-order chi connectivity index (χ0) is 14.5. The van der Waals surface area contributed by atoms with Crippen LogP contribution in [-0.2, 0) is 6.54 Å². The lowest BCUT2D eigenvalue weighted by atomic mass is 10.2. The number of aromatic nitrogens is 1. The van der Waals surface area contributed by atoms with Gasteiger partial charge in [-0.3, -0.25) is 9.69 Å². The average Bonchev–Trinajstić information content (AvgIpc) is 2.81. The summed E-state index contributed by atoms with van der Waals surface area (Å²) in [5, 5.41) is 8.94. The molecule has 0 spiro atoms. The second-order valence-electron chi connectivity index (χ2n) is 5.09. The van der Waals surface area contributed by atoms with Gasteiger partial charge in [0.25, 0.3) is 5.91 Å². The summed E-state index contributed by atoms with van der Waals surface area (Å²) in [4.78, 5) is 16.7. The van der Waals surface area contributed by atoms with Gasteiger partial charge in [-0.2, -0.15) is 0 Å². The number of rotatable bonds is 5. The van der Waals surface area contributed by atoms with E-state index in [9.17, 15) is 4.79 Å². The fraction of sp³-hybridized carbons (Fsp3) is 0.643. The SMILES string of the molecule is CCCn1cc(Br)cc1C(=O)N1CCN(CCO)CC1. The van der Waals surface area contributed by atoms with Gasteiger partial charge in [-0.15, -0.1) is 0 Å². The summed E-state index contributed by atoms with van der Waals surface area (Å²) in [6, 6.07) is 1.90. The molecule has 1 N–H and O–H groups in total. The van der Waals surface area contributed by atoms with E-state index in [0.29, 0.717) is 6.54 Å². The van der Waals surface area contributed by atoms with Crippen molar-refractivity contribution >= 4 is 21.8 Å². The Morgan fingerprint density at radius 1 is 1.30 bits per heavy atom. The molecular formula is C14H22BrN3O2. The molecule has 0 bridgehead atoms. The zero-order valence-corrected chi connectivity index (χ0v) is 13.5. The Bertz CT molecular complexity index is 453. The van der Waals surface area contributed by atoms with Crippen LogP contribution in [0.5, 0.6) is 0 Å². The van der Waals surface area contributed by atoms with Crippen molar-refractivity contribution in [3.8, 4) is 0 Å². The van der Waals surface area contributed by atoms with Gasteiger partial charge in [0.05, 0.1) is 6.61 Å². The van der Waals surface area contributed by atoms with Crippen LogP contribution in [0.2, 0.25) is 0 Å². The topological polar surface area (TPSA) is 48.7 Å². The molecule has 2 rings (SSSR count). The predicted molar refractivity (Wildman–Crippen MR) is 81.9 cm³/mol. The third-order valence-corrected chi connectivity index (χ3v) is 4.06. The van der Waals surface area contributed by atoms with Crippen LogP contribution in [0, 0.1) is 0 Å². The number of β-amino-alcohol motifs (C(OH)–C–C–N with tert-alkyl or cyclic N) is 1. The van der Waals surface area contributed by atoms with Crippen molar-refractivity contribution in [3.63, 3.8) is 0 Å². The second kappa shape index (κ2) is 7.24. The molecule has 0 radical (unpaired) electrons. The minimum atomic E-state index is 0.104. The number of aryl methyl sites for hydroxylation is 1. The van der Waals surface area contributed by atoms with Crippen molar-refractivity contribution in [3.05, 3.63) is 22.4 Å². The van der Waals surface area contributed by atoms with Crippen molar-refractivity contribution < 1.29 is 9.90 Å². The van der Waals surface area contributed by atoms with Crippen LogP contribution in [0.25, 0.3) is 0 Å². The molecule has 1 aliphatic heterocycles. The van der Waals surface area contributed by atoms with E-state index in [4.69, 9.17) is 5.11 Å². The van der Waals surface area contributed by atoms with Gasteiger partial charge in [-0.05, 0) is 28.4 Å². The van der Waals surface area contributed by atoms with Crippen molar-refractivity contribution in [2.24, 2.45) is 0 Å². The van der Waals surface area contributed by atoms with Crippen molar-refractivity contribution in [2.75, 3.05) is 39.3 Å². The monoisotopic (exact) mass is 343 g/mol. The molecule has 0 aromatic carbocycles. The van der Waals surface area contributed by atoms with Crippen molar-refractivity contribution in [1.82, 2.24) is 14.4 Å². The van der Waals surface area contributed by atoms with Gasteiger partial charge in [0, 0.05) is 49.9 Å². The molecule has 112 valence electrons. The number of hydrogen-bond acceptors (Lipinski definition) is 3. The number of hydrogen-bond donors (Lipinski definition) is 1.